The van der Waals surface area contributed by atoms with Gasteiger partial charge in [-0.2, -0.15) is 0 Å². The molecule has 1 atom stereocenters. The summed E-state index contributed by atoms with van der Waals surface area (Å²) >= 11 is 0. The molecular formula is C37H56N4O4. The van der Waals surface area contributed by atoms with Gasteiger partial charge >= 0.3 is 12.2 Å². The maximum Gasteiger partial charge on any atom is 0.412 e. The zero-order chi connectivity index (χ0) is 32.3. The molecule has 0 spiro atoms. The van der Waals surface area contributed by atoms with E-state index in [-0.39, 0.29) is 18.2 Å². The Bertz CT molecular complexity index is 1210. The lowest BCUT2D eigenvalue weighted by Crippen LogP contribution is -2.46. The predicted molar refractivity (Wildman–Crippen MR) is 183 cm³/mol. The third-order valence-electron chi connectivity index (χ3n) is 9.18. The fourth-order valence-electron chi connectivity index (χ4n) is 6.36. The van der Waals surface area contributed by atoms with Crippen LogP contribution in [0.5, 0.6) is 0 Å². The lowest BCUT2D eigenvalue weighted by molar-refractivity contribution is -0.0163. The van der Waals surface area contributed by atoms with Crippen LogP contribution in [0.4, 0.5) is 15.3 Å². The fourth-order valence-corrected chi connectivity index (χ4v) is 6.36. The molecule has 0 radical (unpaired) electrons. The number of benzene rings is 2. The lowest BCUT2D eigenvalue weighted by atomic mass is 9.93. The number of rotatable bonds is 13. The van der Waals surface area contributed by atoms with Gasteiger partial charge in [0.05, 0.1) is 5.69 Å². The van der Waals surface area contributed by atoms with Gasteiger partial charge in [-0.25, -0.2) is 9.59 Å². The van der Waals surface area contributed by atoms with Crippen LogP contribution >= 0.6 is 0 Å². The van der Waals surface area contributed by atoms with Gasteiger partial charge in [-0.05, 0) is 84.5 Å². The average molecular weight is 621 g/mol. The van der Waals surface area contributed by atoms with Gasteiger partial charge in [0.2, 0.25) is 0 Å². The molecule has 0 aliphatic carbocycles. The summed E-state index contributed by atoms with van der Waals surface area (Å²) in [6.45, 7) is 14.0. The molecule has 0 saturated carbocycles. The normalized spacial score (nSPS) is 18.8. The number of piperidine rings is 1. The van der Waals surface area contributed by atoms with Crippen molar-refractivity contribution in [1.82, 2.24) is 14.7 Å². The Morgan fingerprint density at radius 3 is 2.13 bits per heavy atom. The Morgan fingerprint density at radius 2 is 1.47 bits per heavy atom. The van der Waals surface area contributed by atoms with E-state index in [0.29, 0.717) is 0 Å². The van der Waals surface area contributed by atoms with Gasteiger partial charge in [-0.3, -0.25) is 5.32 Å². The molecule has 4 rings (SSSR count). The fraction of sp³-hybridized carbons (Fsp3) is 0.622. The molecule has 2 amide bonds. The Balaban J connectivity index is 1.04. The average Bonchev–Trinajstić information content (AvgIpc) is 3.47. The quantitative estimate of drug-likeness (QED) is 0.229. The Morgan fingerprint density at radius 1 is 0.867 bits per heavy atom. The standard InChI is InChI=1S/C37H56N4O4/c1-36(2,3)45-35(43)39(5)31-21-26-41(29-31)25-16-9-7-6-8-15-24-40-27-22-37(4,23-28-40)44-34(42)38-33-20-14-13-19-32(33)30-17-11-10-12-18-30/h10-14,17-20,31H,6-9,15-16,21-29H2,1-5H3,(H,38,42). The van der Waals surface area contributed by atoms with Gasteiger partial charge in [-0.1, -0.05) is 74.2 Å². The first-order valence-electron chi connectivity index (χ1n) is 17.1. The van der Waals surface area contributed by atoms with E-state index in [0.717, 1.165) is 75.3 Å². The first-order chi connectivity index (χ1) is 21.5. The van der Waals surface area contributed by atoms with Crippen LogP contribution in [0, 0.1) is 0 Å². The van der Waals surface area contributed by atoms with Crippen molar-refractivity contribution in [1.29, 1.82) is 0 Å². The number of ether oxygens (including phenoxy) is 2. The van der Waals surface area contributed by atoms with Crippen molar-refractivity contribution in [3.05, 3.63) is 54.6 Å². The number of carbonyl (C=O) groups excluding carboxylic acids is 2. The monoisotopic (exact) mass is 620 g/mol. The summed E-state index contributed by atoms with van der Waals surface area (Å²) in [4.78, 5) is 32.1. The lowest BCUT2D eigenvalue weighted by Gasteiger charge is -2.38. The Kier molecular flexibility index (Phi) is 12.7. The van der Waals surface area contributed by atoms with Gasteiger partial charge in [0, 0.05) is 44.8 Å². The number of likely N-dealkylation sites (tertiary alicyclic amines) is 2. The summed E-state index contributed by atoms with van der Waals surface area (Å²) in [6, 6.07) is 18.2. The SMILES string of the molecule is CN(C(=O)OC(C)(C)C)C1CCN(CCCCCCCCN2CCC(C)(OC(=O)Nc3ccccc3-c3ccccc3)CC2)C1. The summed E-state index contributed by atoms with van der Waals surface area (Å²) in [5, 5.41) is 2.99. The zero-order valence-corrected chi connectivity index (χ0v) is 28.4. The number of amides is 2. The maximum atomic E-state index is 12.9. The number of hydrogen-bond acceptors (Lipinski definition) is 6. The molecule has 0 bridgehead atoms. The number of hydrogen-bond donors (Lipinski definition) is 1. The van der Waals surface area contributed by atoms with E-state index in [1.807, 2.05) is 82.4 Å². The van der Waals surface area contributed by atoms with Crippen LogP contribution in [0.1, 0.15) is 85.5 Å². The second-order valence-corrected chi connectivity index (χ2v) is 14.2. The van der Waals surface area contributed by atoms with E-state index >= 15 is 0 Å². The molecule has 2 saturated heterocycles. The minimum atomic E-state index is -0.454. The predicted octanol–water partition coefficient (Wildman–Crippen LogP) is 8.04. The summed E-state index contributed by atoms with van der Waals surface area (Å²) in [6.07, 6.45) is 9.66. The van der Waals surface area contributed by atoms with Crippen LogP contribution in [-0.4, -0.2) is 90.4 Å². The van der Waals surface area contributed by atoms with Gasteiger partial charge in [-0.15, -0.1) is 0 Å². The van der Waals surface area contributed by atoms with Crippen LogP contribution in [0.25, 0.3) is 11.1 Å². The van der Waals surface area contributed by atoms with E-state index < -0.39 is 11.2 Å². The van der Waals surface area contributed by atoms with Crippen LogP contribution in [-0.2, 0) is 9.47 Å². The molecule has 8 nitrogen and oxygen atoms in total. The van der Waals surface area contributed by atoms with E-state index in [1.165, 1.54) is 38.5 Å². The summed E-state index contributed by atoms with van der Waals surface area (Å²) in [7, 11) is 1.87. The molecule has 8 heteroatoms. The number of anilines is 1. The largest absolute Gasteiger partial charge is 0.444 e. The van der Waals surface area contributed by atoms with Crippen molar-refractivity contribution in [2.24, 2.45) is 0 Å². The molecule has 248 valence electrons. The molecule has 2 aliphatic heterocycles. The topological polar surface area (TPSA) is 74.3 Å². The van der Waals surface area contributed by atoms with E-state index in [1.54, 1.807) is 4.90 Å². The highest BCUT2D eigenvalue weighted by Crippen LogP contribution is 2.30. The minimum absolute atomic E-state index is 0.217. The highest BCUT2D eigenvalue weighted by Gasteiger charge is 2.34. The smallest absolute Gasteiger partial charge is 0.412 e. The van der Waals surface area contributed by atoms with Gasteiger partial charge in [0.15, 0.2) is 0 Å². The molecule has 45 heavy (non-hydrogen) atoms. The maximum absolute atomic E-state index is 12.9. The van der Waals surface area contributed by atoms with Crippen LogP contribution in [0.3, 0.4) is 0 Å². The summed E-state index contributed by atoms with van der Waals surface area (Å²) < 4.78 is 11.5. The number of unbranched alkanes of at least 4 members (excludes halogenated alkanes) is 5. The number of para-hydroxylation sites is 1. The molecule has 2 aromatic carbocycles. The van der Waals surface area contributed by atoms with Crippen molar-refractivity contribution >= 4 is 17.9 Å². The summed E-state index contributed by atoms with van der Waals surface area (Å²) in [5.74, 6) is 0. The molecular weight excluding hydrogens is 564 g/mol. The van der Waals surface area contributed by atoms with E-state index in [4.69, 9.17) is 9.47 Å². The van der Waals surface area contributed by atoms with Crippen LogP contribution in [0.15, 0.2) is 54.6 Å². The highest BCUT2D eigenvalue weighted by atomic mass is 16.6. The van der Waals surface area contributed by atoms with E-state index in [9.17, 15) is 9.59 Å². The van der Waals surface area contributed by atoms with Crippen LogP contribution in [0.2, 0.25) is 0 Å². The van der Waals surface area contributed by atoms with E-state index in [2.05, 4.69) is 22.0 Å². The molecule has 2 fully saturated rings. The first kappa shape index (κ1) is 34.8. The second-order valence-electron chi connectivity index (χ2n) is 14.2. The van der Waals surface area contributed by atoms with Gasteiger partial charge in [0.1, 0.15) is 11.2 Å². The summed E-state index contributed by atoms with van der Waals surface area (Å²) in [5.41, 5.74) is 1.92. The third kappa shape index (κ3) is 11.3. The molecule has 1 unspecified atom stereocenters. The molecule has 0 aromatic heterocycles. The molecule has 2 heterocycles. The first-order valence-corrected chi connectivity index (χ1v) is 17.1. The van der Waals surface area contributed by atoms with Crippen molar-refractivity contribution in [2.75, 3.05) is 51.6 Å². The highest BCUT2D eigenvalue weighted by molar-refractivity contribution is 5.91. The zero-order valence-electron chi connectivity index (χ0n) is 28.4. The van der Waals surface area contributed by atoms with Crippen molar-refractivity contribution < 1.29 is 19.1 Å². The van der Waals surface area contributed by atoms with Crippen molar-refractivity contribution in [2.45, 2.75) is 103 Å². The second kappa shape index (κ2) is 16.5. The molecule has 2 aliphatic rings. The number of nitrogens with zero attached hydrogens (tertiary/aromatic N) is 3. The van der Waals surface area contributed by atoms with Gasteiger partial charge in [0.25, 0.3) is 0 Å². The minimum Gasteiger partial charge on any atom is -0.444 e. The number of likely N-dealkylation sites (N-methyl/N-ethyl adjacent to an activating group) is 1. The van der Waals surface area contributed by atoms with Crippen molar-refractivity contribution in [3.8, 4) is 11.1 Å². The molecule has 2 aromatic rings. The number of carbonyl (C=O) groups is 2. The Labute approximate surface area is 271 Å². The Hall–Kier alpha value is -3.10. The third-order valence-corrected chi connectivity index (χ3v) is 9.18. The number of nitrogens with one attached hydrogen (secondary N) is 1. The van der Waals surface area contributed by atoms with Crippen molar-refractivity contribution in [3.63, 3.8) is 0 Å². The van der Waals surface area contributed by atoms with Crippen LogP contribution < -0.4 is 5.32 Å². The van der Waals surface area contributed by atoms with Gasteiger partial charge < -0.3 is 24.2 Å². The molecule has 1 N–H and O–H groups in total.